The average molecular weight is 647 g/mol. The van der Waals surface area contributed by atoms with Crippen LogP contribution in [0.3, 0.4) is 0 Å². The van der Waals surface area contributed by atoms with Gasteiger partial charge in [0.05, 0.1) is 16.7 Å². The number of rotatable bonds is 10. The molecule has 1 saturated heterocycles. The monoisotopic (exact) mass is 646 g/mol. The molecule has 48 heavy (non-hydrogen) atoms. The summed E-state index contributed by atoms with van der Waals surface area (Å²) in [6.07, 6.45) is -2.01. The lowest BCUT2D eigenvalue weighted by Gasteiger charge is -2.28. The SMILES string of the molecule is C=CC[C@@H](OC(=O)c1ccccc1)[C@H]1O[C@@H](n2ccc(=O)c3c(N)ncnc32)[C@H](OC(=O)c2ccccc2)[C@@H]1OC(=O)c1ccccc1. The lowest BCUT2D eigenvalue weighted by atomic mass is 10.0. The Morgan fingerprint density at radius 2 is 1.35 bits per heavy atom. The first-order chi connectivity index (χ1) is 23.4. The molecule has 5 aromatic rings. The van der Waals surface area contributed by atoms with Crippen molar-refractivity contribution in [1.29, 1.82) is 0 Å². The van der Waals surface area contributed by atoms with Crippen molar-refractivity contribution in [1.82, 2.24) is 14.5 Å². The van der Waals surface area contributed by atoms with E-state index in [4.69, 9.17) is 24.7 Å². The molecule has 3 heterocycles. The number of esters is 3. The third kappa shape index (κ3) is 6.55. The van der Waals surface area contributed by atoms with Crippen LogP contribution in [0.2, 0.25) is 0 Å². The van der Waals surface area contributed by atoms with Crippen LogP contribution in [0.4, 0.5) is 5.82 Å². The predicted octanol–water partition coefficient (Wildman–Crippen LogP) is 4.52. The van der Waals surface area contributed by atoms with Gasteiger partial charge in [-0.3, -0.25) is 4.79 Å². The second-order valence-corrected chi connectivity index (χ2v) is 10.8. The lowest BCUT2D eigenvalue weighted by molar-refractivity contribution is -0.0913. The van der Waals surface area contributed by atoms with Crippen molar-refractivity contribution < 1.29 is 33.3 Å². The number of fused-ring (bicyclic) bond motifs is 1. The van der Waals surface area contributed by atoms with E-state index in [1.165, 1.54) is 29.2 Å². The van der Waals surface area contributed by atoms with Gasteiger partial charge in [0.15, 0.2) is 29.5 Å². The molecule has 0 bridgehead atoms. The minimum absolute atomic E-state index is 0.0103. The number of nitrogens with two attached hydrogens (primary N) is 1. The van der Waals surface area contributed by atoms with Gasteiger partial charge in [0.1, 0.15) is 29.7 Å². The minimum Gasteiger partial charge on any atom is -0.456 e. The van der Waals surface area contributed by atoms with E-state index in [0.717, 1.165) is 0 Å². The summed E-state index contributed by atoms with van der Waals surface area (Å²) in [7, 11) is 0. The van der Waals surface area contributed by atoms with Gasteiger partial charge in [-0.05, 0) is 36.4 Å². The van der Waals surface area contributed by atoms with Gasteiger partial charge in [-0.15, -0.1) is 6.58 Å². The van der Waals surface area contributed by atoms with Crippen molar-refractivity contribution in [2.45, 2.75) is 37.1 Å². The highest BCUT2D eigenvalue weighted by molar-refractivity contribution is 5.91. The topological polar surface area (TPSA) is 162 Å². The number of aromatic nitrogens is 3. The Bertz CT molecular complexity index is 2000. The zero-order valence-corrected chi connectivity index (χ0v) is 25.5. The second-order valence-electron chi connectivity index (χ2n) is 10.8. The molecule has 1 aliphatic heterocycles. The van der Waals surface area contributed by atoms with Gasteiger partial charge in [-0.25, -0.2) is 24.4 Å². The molecule has 1 aliphatic rings. The van der Waals surface area contributed by atoms with Crippen LogP contribution in [-0.4, -0.2) is 56.9 Å². The number of nitrogens with zero attached hydrogens (tertiary/aromatic N) is 3. The molecule has 0 saturated carbocycles. The molecule has 2 aromatic heterocycles. The van der Waals surface area contributed by atoms with Gasteiger partial charge < -0.3 is 29.2 Å². The van der Waals surface area contributed by atoms with Crippen molar-refractivity contribution >= 4 is 34.8 Å². The number of nitrogen functional groups attached to an aromatic ring is 1. The number of hydrogen-bond acceptors (Lipinski definition) is 11. The first kappa shape index (κ1) is 31.8. The second kappa shape index (κ2) is 14.1. The molecular formula is C36H30N4O8. The molecule has 12 nitrogen and oxygen atoms in total. The number of anilines is 1. The van der Waals surface area contributed by atoms with E-state index >= 15 is 0 Å². The third-order valence-corrected chi connectivity index (χ3v) is 7.77. The van der Waals surface area contributed by atoms with Gasteiger partial charge in [0.25, 0.3) is 0 Å². The summed E-state index contributed by atoms with van der Waals surface area (Å²) >= 11 is 0. The quantitative estimate of drug-likeness (QED) is 0.129. The van der Waals surface area contributed by atoms with Crippen LogP contribution in [0.1, 0.15) is 43.7 Å². The van der Waals surface area contributed by atoms with E-state index in [0.29, 0.717) is 0 Å². The molecular weight excluding hydrogens is 616 g/mol. The molecule has 1 fully saturated rings. The summed E-state index contributed by atoms with van der Waals surface area (Å²) in [5.41, 5.74) is 6.44. The minimum atomic E-state index is -1.35. The zero-order valence-electron chi connectivity index (χ0n) is 25.5. The lowest BCUT2D eigenvalue weighted by Crippen LogP contribution is -2.45. The first-order valence-corrected chi connectivity index (χ1v) is 15.0. The molecule has 2 N–H and O–H groups in total. The Morgan fingerprint density at radius 3 is 1.92 bits per heavy atom. The van der Waals surface area contributed by atoms with Crippen LogP contribution >= 0.6 is 0 Å². The maximum atomic E-state index is 13.6. The van der Waals surface area contributed by atoms with Gasteiger partial charge >= 0.3 is 17.9 Å². The van der Waals surface area contributed by atoms with E-state index in [9.17, 15) is 19.2 Å². The smallest absolute Gasteiger partial charge is 0.338 e. The summed E-state index contributed by atoms with van der Waals surface area (Å²) in [5, 5.41) is 0.0103. The van der Waals surface area contributed by atoms with Crippen molar-refractivity contribution in [3.63, 3.8) is 0 Å². The maximum absolute atomic E-state index is 13.6. The number of carbonyl (C=O) groups excluding carboxylic acids is 3. The van der Waals surface area contributed by atoms with Crippen molar-refractivity contribution in [3.8, 4) is 0 Å². The summed E-state index contributed by atoms with van der Waals surface area (Å²) in [5.74, 6) is -2.20. The van der Waals surface area contributed by atoms with Crippen LogP contribution in [0.5, 0.6) is 0 Å². The number of benzene rings is 3. The Morgan fingerprint density at radius 1 is 0.812 bits per heavy atom. The molecule has 0 spiro atoms. The molecule has 3 aromatic carbocycles. The molecule has 0 amide bonds. The fourth-order valence-electron chi connectivity index (χ4n) is 5.50. The Hall–Kier alpha value is -6.14. The average Bonchev–Trinajstić information content (AvgIpc) is 3.45. The van der Waals surface area contributed by atoms with Crippen molar-refractivity contribution in [3.05, 3.63) is 149 Å². The van der Waals surface area contributed by atoms with Crippen molar-refractivity contribution in [2.24, 2.45) is 0 Å². The number of hydrogen-bond donors (Lipinski definition) is 1. The fourth-order valence-corrected chi connectivity index (χ4v) is 5.50. The molecule has 5 atom stereocenters. The van der Waals surface area contributed by atoms with E-state index < -0.39 is 54.0 Å². The fraction of sp³-hybridized carbons (Fsp3) is 0.167. The Kier molecular flexibility index (Phi) is 9.35. The van der Waals surface area contributed by atoms with Gasteiger partial charge in [-0.2, -0.15) is 0 Å². The van der Waals surface area contributed by atoms with Crippen molar-refractivity contribution in [2.75, 3.05) is 5.73 Å². The maximum Gasteiger partial charge on any atom is 0.338 e. The van der Waals surface area contributed by atoms with Crippen LogP contribution in [-0.2, 0) is 18.9 Å². The Balaban J connectivity index is 1.48. The molecule has 12 heteroatoms. The summed E-state index contributed by atoms with van der Waals surface area (Å²) in [4.78, 5) is 61.6. The van der Waals surface area contributed by atoms with E-state index in [1.807, 2.05) is 0 Å². The van der Waals surface area contributed by atoms with E-state index in [1.54, 1.807) is 91.0 Å². The normalized spacial score (nSPS) is 19.2. The Labute approximate surface area is 274 Å². The van der Waals surface area contributed by atoms with E-state index in [-0.39, 0.29) is 40.0 Å². The largest absolute Gasteiger partial charge is 0.456 e. The standard InChI is InChI=1S/C36H30N4O8/c1-2-12-26(45-34(42)22-13-6-3-7-14-22)28-29(47-35(43)23-15-8-4-9-16-23)30(48-36(44)24-17-10-5-11-18-24)33(46-28)40-20-19-25(41)27-31(37)38-21-39-32(27)40/h2-11,13-21,26,28-30,33H,1,12H2,(H2,37,38,39)/t26-,28-,29-,30-,33-/m1/s1. The van der Waals surface area contributed by atoms with Gasteiger partial charge in [0, 0.05) is 18.7 Å². The zero-order chi connectivity index (χ0) is 33.6. The highest BCUT2D eigenvalue weighted by atomic mass is 16.7. The summed E-state index contributed by atoms with van der Waals surface area (Å²) < 4.78 is 26.1. The number of carbonyl (C=O) groups is 3. The van der Waals surface area contributed by atoms with Crippen LogP contribution < -0.4 is 11.2 Å². The third-order valence-electron chi connectivity index (χ3n) is 7.77. The molecule has 6 rings (SSSR count). The highest BCUT2D eigenvalue weighted by Gasteiger charge is 2.54. The number of pyridine rings is 1. The van der Waals surface area contributed by atoms with Gasteiger partial charge in [0.2, 0.25) is 0 Å². The van der Waals surface area contributed by atoms with Crippen LogP contribution in [0.15, 0.2) is 127 Å². The number of ether oxygens (including phenoxy) is 4. The molecule has 0 aliphatic carbocycles. The predicted molar refractivity (Wildman–Crippen MR) is 174 cm³/mol. The van der Waals surface area contributed by atoms with Gasteiger partial charge in [-0.1, -0.05) is 60.7 Å². The van der Waals surface area contributed by atoms with Crippen LogP contribution in [0, 0.1) is 0 Å². The van der Waals surface area contributed by atoms with E-state index in [2.05, 4.69) is 16.5 Å². The first-order valence-electron chi connectivity index (χ1n) is 15.0. The summed E-state index contributed by atoms with van der Waals surface area (Å²) in [6.45, 7) is 3.82. The van der Waals surface area contributed by atoms with Crippen LogP contribution in [0.25, 0.3) is 11.0 Å². The molecule has 0 radical (unpaired) electrons. The summed E-state index contributed by atoms with van der Waals surface area (Å²) in [6, 6.07) is 26.1. The highest BCUT2D eigenvalue weighted by Crippen LogP contribution is 2.39. The molecule has 0 unspecified atom stereocenters. The molecule has 242 valence electrons.